The highest BCUT2D eigenvalue weighted by Crippen LogP contribution is 2.27. The number of hydrogen-bond acceptors (Lipinski definition) is 6. The minimum atomic E-state index is 0.739. The van der Waals surface area contributed by atoms with Gasteiger partial charge >= 0.3 is 0 Å². The Bertz CT molecular complexity index is 1130. The number of hydrogen-bond donors (Lipinski definition) is 1. The molecule has 3 heterocycles. The molecule has 0 radical (unpaired) electrons. The van der Waals surface area contributed by atoms with E-state index in [1.165, 1.54) is 16.9 Å². The average molecular weight is 431 g/mol. The lowest BCUT2D eigenvalue weighted by Gasteiger charge is -2.35. The summed E-state index contributed by atoms with van der Waals surface area (Å²) in [7, 11) is 0. The number of aryl methyl sites for hydroxylation is 1. The monoisotopic (exact) mass is 430 g/mol. The maximum absolute atomic E-state index is 4.50. The van der Waals surface area contributed by atoms with Crippen molar-refractivity contribution in [3.05, 3.63) is 84.2 Å². The van der Waals surface area contributed by atoms with Crippen LogP contribution in [0.1, 0.15) is 11.3 Å². The summed E-state index contributed by atoms with van der Waals surface area (Å²) < 4.78 is 2.13. The van der Waals surface area contributed by atoms with Crippen LogP contribution in [-0.2, 0) is 6.54 Å². The highest BCUT2D eigenvalue weighted by atomic mass is 32.1. The molecule has 1 saturated heterocycles. The van der Waals surface area contributed by atoms with Gasteiger partial charge in [0.25, 0.3) is 0 Å². The first kappa shape index (κ1) is 19.6. The molecule has 2 aromatic heterocycles. The van der Waals surface area contributed by atoms with Gasteiger partial charge in [0.2, 0.25) is 10.3 Å². The van der Waals surface area contributed by atoms with Gasteiger partial charge in [-0.1, -0.05) is 47.7 Å². The van der Waals surface area contributed by atoms with E-state index >= 15 is 0 Å². The molecule has 1 aliphatic rings. The van der Waals surface area contributed by atoms with Crippen molar-refractivity contribution in [2.24, 2.45) is 0 Å². The van der Waals surface area contributed by atoms with Crippen LogP contribution in [0.4, 0.5) is 16.5 Å². The van der Waals surface area contributed by atoms with Gasteiger partial charge in [0.1, 0.15) is 0 Å². The molecule has 1 fully saturated rings. The fourth-order valence-corrected chi connectivity index (χ4v) is 4.85. The zero-order valence-corrected chi connectivity index (χ0v) is 18.4. The van der Waals surface area contributed by atoms with Crippen LogP contribution in [0.25, 0.3) is 5.13 Å². The van der Waals surface area contributed by atoms with Gasteiger partial charge in [-0.2, -0.15) is 0 Å². The minimum absolute atomic E-state index is 0.739. The molecule has 0 atom stereocenters. The Labute approximate surface area is 186 Å². The summed E-state index contributed by atoms with van der Waals surface area (Å²) in [5.74, 6) is 0. The second-order valence-corrected chi connectivity index (χ2v) is 8.65. The summed E-state index contributed by atoms with van der Waals surface area (Å²) in [4.78, 5) is 4.77. The lowest BCUT2D eigenvalue weighted by Crippen LogP contribution is -2.46. The van der Waals surface area contributed by atoms with Crippen LogP contribution in [-0.4, -0.2) is 40.9 Å². The van der Waals surface area contributed by atoms with Crippen molar-refractivity contribution in [3.63, 3.8) is 0 Å². The molecule has 0 aliphatic carbocycles. The molecule has 31 heavy (non-hydrogen) atoms. The number of benzene rings is 2. The first-order valence-electron chi connectivity index (χ1n) is 10.6. The lowest BCUT2D eigenvalue weighted by atomic mass is 10.2. The van der Waals surface area contributed by atoms with E-state index in [-0.39, 0.29) is 0 Å². The average Bonchev–Trinajstić information content (AvgIpc) is 3.49. The van der Waals surface area contributed by atoms with E-state index in [1.807, 2.05) is 0 Å². The van der Waals surface area contributed by atoms with Crippen LogP contribution in [0.15, 0.2) is 72.9 Å². The first-order chi connectivity index (χ1) is 15.3. The fraction of sp³-hybridized carbons (Fsp3) is 0.250. The summed E-state index contributed by atoms with van der Waals surface area (Å²) >= 11 is 1.65. The molecule has 1 N–H and O–H groups in total. The van der Waals surface area contributed by atoms with Crippen LogP contribution < -0.4 is 15.1 Å². The standard InChI is InChI=1S/C24H26N6S/c1-19-8-5-6-12-22(19)25-18-21-11-7-13-30(21)24-27-26-23(31-24)29-16-14-28(15-17-29)20-9-3-2-4-10-20/h2-13,25H,14-18H2,1H3. The summed E-state index contributed by atoms with van der Waals surface area (Å²) in [5, 5.41) is 14.4. The number of para-hydroxylation sites is 2. The molecule has 0 bridgehead atoms. The van der Waals surface area contributed by atoms with E-state index in [2.05, 4.69) is 110 Å². The summed E-state index contributed by atoms with van der Waals surface area (Å²) in [6.07, 6.45) is 2.06. The Morgan fingerprint density at radius 3 is 2.32 bits per heavy atom. The Balaban J connectivity index is 1.24. The largest absolute Gasteiger partial charge is 0.379 e. The molecular formula is C24H26N6S. The molecule has 0 amide bonds. The lowest BCUT2D eigenvalue weighted by molar-refractivity contribution is 0.649. The van der Waals surface area contributed by atoms with E-state index in [1.54, 1.807) is 11.3 Å². The van der Waals surface area contributed by atoms with Gasteiger partial charge in [0.15, 0.2) is 0 Å². The number of anilines is 3. The van der Waals surface area contributed by atoms with Crippen molar-refractivity contribution in [1.82, 2.24) is 14.8 Å². The first-order valence-corrected chi connectivity index (χ1v) is 11.4. The summed E-state index contributed by atoms with van der Waals surface area (Å²) in [6.45, 7) is 6.76. The zero-order valence-electron chi connectivity index (χ0n) is 17.6. The fourth-order valence-electron chi connectivity index (χ4n) is 3.93. The molecule has 5 rings (SSSR count). The topological polar surface area (TPSA) is 49.2 Å². The predicted molar refractivity (Wildman–Crippen MR) is 129 cm³/mol. The molecule has 0 saturated carbocycles. The molecule has 1 aliphatic heterocycles. The van der Waals surface area contributed by atoms with Crippen LogP contribution in [0.3, 0.4) is 0 Å². The highest BCUT2D eigenvalue weighted by molar-refractivity contribution is 7.17. The summed E-state index contributed by atoms with van der Waals surface area (Å²) in [5.41, 5.74) is 4.86. The second kappa shape index (κ2) is 8.81. The number of aromatic nitrogens is 3. The van der Waals surface area contributed by atoms with Gasteiger partial charge in [0.05, 0.1) is 6.54 Å². The van der Waals surface area contributed by atoms with Crippen LogP contribution in [0.2, 0.25) is 0 Å². The van der Waals surface area contributed by atoms with E-state index in [0.717, 1.165) is 48.7 Å². The third kappa shape index (κ3) is 4.27. The highest BCUT2D eigenvalue weighted by Gasteiger charge is 2.21. The van der Waals surface area contributed by atoms with Gasteiger partial charge < -0.3 is 15.1 Å². The van der Waals surface area contributed by atoms with Crippen LogP contribution >= 0.6 is 11.3 Å². The maximum Gasteiger partial charge on any atom is 0.218 e. The van der Waals surface area contributed by atoms with Gasteiger partial charge in [0, 0.05) is 49.4 Å². The Kier molecular flexibility index (Phi) is 5.58. The molecule has 158 valence electrons. The van der Waals surface area contributed by atoms with Gasteiger partial charge in [-0.3, -0.25) is 4.57 Å². The van der Waals surface area contributed by atoms with Crippen molar-refractivity contribution in [2.75, 3.05) is 41.3 Å². The Morgan fingerprint density at radius 1 is 0.806 bits per heavy atom. The van der Waals surface area contributed by atoms with Gasteiger partial charge in [-0.15, -0.1) is 10.2 Å². The quantitative estimate of drug-likeness (QED) is 0.485. The van der Waals surface area contributed by atoms with Crippen molar-refractivity contribution in [3.8, 4) is 5.13 Å². The SMILES string of the molecule is Cc1ccccc1NCc1cccn1-c1nnc(N2CCN(c3ccccc3)CC2)s1. The minimum Gasteiger partial charge on any atom is -0.379 e. The third-order valence-corrected chi connectivity index (χ3v) is 6.70. The molecular weight excluding hydrogens is 404 g/mol. The smallest absolute Gasteiger partial charge is 0.218 e. The van der Waals surface area contributed by atoms with E-state index in [9.17, 15) is 0 Å². The zero-order chi connectivity index (χ0) is 21.0. The molecule has 0 spiro atoms. The molecule has 6 nitrogen and oxygen atoms in total. The normalized spacial score (nSPS) is 14.1. The van der Waals surface area contributed by atoms with Crippen molar-refractivity contribution in [2.45, 2.75) is 13.5 Å². The number of nitrogens with one attached hydrogen (secondary N) is 1. The maximum atomic E-state index is 4.50. The Morgan fingerprint density at radius 2 is 1.52 bits per heavy atom. The molecule has 4 aromatic rings. The van der Waals surface area contributed by atoms with Crippen molar-refractivity contribution >= 4 is 27.8 Å². The van der Waals surface area contributed by atoms with Gasteiger partial charge in [-0.25, -0.2) is 0 Å². The second-order valence-electron chi connectivity index (χ2n) is 7.71. The van der Waals surface area contributed by atoms with Crippen LogP contribution in [0.5, 0.6) is 0 Å². The van der Waals surface area contributed by atoms with E-state index in [4.69, 9.17) is 0 Å². The molecule has 0 unspecified atom stereocenters. The predicted octanol–water partition coefficient (Wildman–Crippen LogP) is 4.58. The van der Waals surface area contributed by atoms with Gasteiger partial charge in [-0.05, 0) is 42.8 Å². The number of nitrogens with zero attached hydrogens (tertiary/aromatic N) is 5. The summed E-state index contributed by atoms with van der Waals surface area (Å²) in [6, 6.07) is 23.2. The molecule has 7 heteroatoms. The number of rotatable bonds is 6. The van der Waals surface area contributed by atoms with Crippen molar-refractivity contribution in [1.29, 1.82) is 0 Å². The Hall–Kier alpha value is -3.32. The third-order valence-electron chi connectivity index (χ3n) is 5.72. The van der Waals surface area contributed by atoms with Crippen LogP contribution in [0, 0.1) is 6.92 Å². The molecule has 2 aromatic carbocycles. The van der Waals surface area contributed by atoms with Crippen molar-refractivity contribution < 1.29 is 0 Å². The number of piperazine rings is 1. The van der Waals surface area contributed by atoms with E-state index < -0.39 is 0 Å². The van der Waals surface area contributed by atoms with E-state index in [0.29, 0.717) is 0 Å².